The van der Waals surface area contributed by atoms with Crippen LogP contribution in [-0.2, 0) is 19.5 Å². The summed E-state index contributed by atoms with van der Waals surface area (Å²) in [4.78, 5) is 14.3. The van der Waals surface area contributed by atoms with Gasteiger partial charge in [-0.25, -0.2) is 0 Å². The molecule has 3 rings (SSSR count). The molecule has 1 heterocycles. The van der Waals surface area contributed by atoms with E-state index in [0.717, 1.165) is 30.8 Å². The van der Waals surface area contributed by atoms with E-state index in [1.165, 1.54) is 11.1 Å². The highest BCUT2D eigenvalue weighted by Gasteiger charge is 2.16. The van der Waals surface area contributed by atoms with Crippen molar-refractivity contribution in [1.29, 1.82) is 0 Å². The molecule has 2 aromatic rings. The molecule has 0 bridgehead atoms. The maximum atomic E-state index is 12.7. The van der Waals surface area contributed by atoms with Gasteiger partial charge in [0.25, 0.3) is 5.91 Å². The fourth-order valence-corrected chi connectivity index (χ4v) is 2.82. The van der Waals surface area contributed by atoms with Gasteiger partial charge in [-0.05, 0) is 53.9 Å². The third-order valence-electron chi connectivity index (χ3n) is 4.18. The molecule has 4 heteroatoms. The van der Waals surface area contributed by atoms with Crippen LogP contribution in [0.5, 0.6) is 0 Å². The van der Waals surface area contributed by atoms with E-state index in [2.05, 4.69) is 17.4 Å². The number of hydrogen-bond acceptors (Lipinski definition) is 3. The van der Waals surface area contributed by atoms with Gasteiger partial charge in [-0.2, -0.15) is 0 Å². The number of hydrogen-bond donors (Lipinski definition) is 2. The first-order chi connectivity index (χ1) is 10.7. The van der Waals surface area contributed by atoms with Gasteiger partial charge in [0.2, 0.25) is 0 Å². The summed E-state index contributed by atoms with van der Waals surface area (Å²) in [5.41, 5.74) is 10.9. The number of benzene rings is 2. The molecule has 0 spiro atoms. The minimum absolute atomic E-state index is 0.0148. The molecule has 0 unspecified atom stereocenters. The third kappa shape index (κ3) is 2.89. The van der Waals surface area contributed by atoms with E-state index in [-0.39, 0.29) is 5.91 Å². The van der Waals surface area contributed by atoms with Gasteiger partial charge >= 0.3 is 0 Å². The standard InChI is InChI=1S/C18H21N3O/c1-21(18(22)15-4-2-3-13(9-15)11-19)17-6-5-14-7-8-20-12-16(14)10-17/h2-6,9-10,20H,7-8,11-12,19H2,1H3. The Labute approximate surface area is 130 Å². The second-order valence-corrected chi connectivity index (χ2v) is 5.65. The van der Waals surface area contributed by atoms with Crippen LogP contribution in [-0.4, -0.2) is 19.5 Å². The largest absolute Gasteiger partial charge is 0.326 e. The van der Waals surface area contributed by atoms with Crippen LogP contribution in [0.1, 0.15) is 27.0 Å². The Kier molecular flexibility index (Phi) is 4.22. The number of nitrogens with two attached hydrogens (primary N) is 1. The lowest BCUT2D eigenvalue weighted by Gasteiger charge is -2.22. The van der Waals surface area contributed by atoms with E-state index in [1.54, 1.807) is 4.90 Å². The molecule has 3 N–H and O–H groups in total. The minimum Gasteiger partial charge on any atom is -0.326 e. The summed E-state index contributed by atoms with van der Waals surface area (Å²) in [6, 6.07) is 13.8. The molecule has 0 radical (unpaired) electrons. The van der Waals surface area contributed by atoms with Crippen molar-refractivity contribution in [1.82, 2.24) is 5.32 Å². The average Bonchev–Trinajstić information content (AvgIpc) is 2.60. The maximum absolute atomic E-state index is 12.7. The summed E-state index contributed by atoms with van der Waals surface area (Å²) < 4.78 is 0. The van der Waals surface area contributed by atoms with E-state index in [1.807, 2.05) is 37.4 Å². The summed E-state index contributed by atoms with van der Waals surface area (Å²) in [7, 11) is 1.81. The molecule has 2 aromatic carbocycles. The summed E-state index contributed by atoms with van der Waals surface area (Å²) in [6.07, 6.45) is 1.05. The summed E-state index contributed by atoms with van der Waals surface area (Å²) in [5.74, 6) is -0.0148. The topological polar surface area (TPSA) is 58.4 Å². The second-order valence-electron chi connectivity index (χ2n) is 5.65. The number of nitrogens with one attached hydrogen (secondary N) is 1. The van der Waals surface area contributed by atoms with Crippen molar-refractivity contribution in [2.75, 3.05) is 18.5 Å². The van der Waals surface area contributed by atoms with Gasteiger partial charge in [-0.15, -0.1) is 0 Å². The van der Waals surface area contributed by atoms with Crippen LogP contribution in [0.15, 0.2) is 42.5 Å². The lowest BCUT2D eigenvalue weighted by Crippen LogP contribution is -2.28. The zero-order valence-corrected chi connectivity index (χ0v) is 12.8. The first-order valence-corrected chi connectivity index (χ1v) is 7.58. The third-order valence-corrected chi connectivity index (χ3v) is 4.18. The van der Waals surface area contributed by atoms with Crippen LogP contribution < -0.4 is 16.0 Å². The second kappa shape index (κ2) is 6.30. The number of fused-ring (bicyclic) bond motifs is 1. The molecule has 0 saturated carbocycles. The van der Waals surface area contributed by atoms with E-state index >= 15 is 0 Å². The molecular weight excluding hydrogens is 274 g/mol. The van der Waals surface area contributed by atoms with Crippen molar-refractivity contribution in [3.8, 4) is 0 Å². The number of carbonyl (C=O) groups excluding carboxylic acids is 1. The molecule has 0 atom stereocenters. The predicted molar refractivity (Wildman–Crippen MR) is 88.9 cm³/mol. The quantitative estimate of drug-likeness (QED) is 0.911. The Morgan fingerprint density at radius 2 is 2.09 bits per heavy atom. The van der Waals surface area contributed by atoms with Crippen molar-refractivity contribution in [2.45, 2.75) is 19.5 Å². The van der Waals surface area contributed by atoms with Crippen molar-refractivity contribution in [2.24, 2.45) is 5.73 Å². The highest BCUT2D eigenvalue weighted by Crippen LogP contribution is 2.22. The molecule has 0 aliphatic carbocycles. The molecular formula is C18H21N3O. The molecule has 1 amide bonds. The SMILES string of the molecule is CN(C(=O)c1cccc(CN)c1)c1ccc2c(c1)CNCC2. The zero-order valence-electron chi connectivity index (χ0n) is 12.8. The van der Waals surface area contributed by atoms with Gasteiger partial charge in [0.05, 0.1) is 0 Å². The van der Waals surface area contributed by atoms with Crippen molar-refractivity contribution < 1.29 is 4.79 Å². The van der Waals surface area contributed by atoms with Gasteiger partial charge in [-0.3, -0.25) is 4.79 Å². The van der Waals surface area contributed by atoms with Gasteiger partial charge < -0.3 is 16.0 Å². The molecule has 0 saturated heterocycles. The first-order valence-electron chi connectivity index (χ1n) is 7.58. The fourth-order valence-electron chi connectivity index (χ4n) is 2.82. The Balaban J connectivity index is 1.86. The van der Waals surface area contributed by atoms with Gasteiger partial charge in [0.15, 0.2) is 0 Å². The van der Waals surface area contributed by atoms with E-state index < -0.39 is 0 Å². The maximum Gasteiger partial charge on any atom is 0.258 e. The van der Waals surface area contributed by atoms with E-state index in [4.69, 9.17) is 5.73 Å². The van der Waals surface area contributed by atoms with Crippen molar-refractivity contribution in [3.63, 3.8) is 0 Å². The lowest BCUT2D eigenvalue weighted by atomic mass is 10.00. The molecule has 1 aliphatic heterocycles. The van der Waals surface area contributed by atoms with Gasteiger partial charge in [0, 0.05) is 31.4 Å². The summed E-state index contributed by atoms with van der Waals surface area (Å²) in [5, 5.41) is 3.37. The fraction of sp³-hybridized carbons (Fsp3) is 0.278. The number of amides is 1. The Bertz CT molecular complexity index is 696. The number of anilines is 1. The smallest absolute Gasteiger partial charge is 0.258 e. The normalized spacial score (nSPS) is 13.5. The minimum atomic E-state index is -0.0148. The number of carbonyl (C=O) groups is 1. The Hall–Kier alpha value is -2.17. The highest BCUT2D eigenvalue weighted by atomic mass is 16.2. The lowest BCUT2D eigenvalue weighted by molar-refractivity contribution is 0.0993. The monoisotopic (exact) mass is 295 g/mol. The van der Waals surface area contributed by atoms with Crippen LogP contribution in [0.25, 0.3) is 0 Å². The molecule has 22 heavy (non-hydrogen) atoms. The van der Waals surface area contributed by atoms with E-state index in [9.17, 15) is 4.79 Å². The van der Waals surface area contributed by atoms with Gasteiger partial charge in [0.1, 0.15) is 0 Å². The van der Waals surface area contributed by atoms with Crippen molar-refractivity contribution >= 4 is 11.6 Å². The molecule has 1 aliphatic rings. The Morgan fingerprint density at radius 1 is 1.23 bits per heavy atom. The average molecular weight is 295 g/mol. The molecule has 114 valence electrons. The van der Waals surface area contributed by atoms with Crippen molar-refractivity contribution in [3.05, 3.63) is 64.7 Å². The Morgan fingerprint density at radius 3 is 2.91 bits per heavy atom. The highest BCUT2D eigenvalue weighted by molar-refractivity contribution is 6.05. The summed E-state index contributed by atoms with van der Waals surface area (Å²) >= 11 is 0. The number of nitrogens with zero attached hydrogens (tertiary/aromatic N) is 1. The van der Waals surface area contributed by atoms with Crippen LogP contribution in [0.4, 0.5) is 5.69 Å². The zero-order chi connectivity index (χ0) is 15.5. The number of rotatable bonds is 3. The van der Waals surface area contributed by atoms with Gasteiger partial charge in [-0.1, -0.05) is 18.2 Å². The first kappa shape index (κ1) is 14.8. The van der Waals surface area contributed by atoms with Crippen LogP contribution >= 0.6 is 0 Å². The predicted octanol–water partition coefficient (Wildman–Crippen LogP) is 2.07. The van der Waals surface area contributed by atoms with Crippen LogP contribution in [0.3, 0.4) is 0 Å². The van der Waals surface area contributed by atoms with Crippen LogP contribution in [0, 0.1) is 0 Å². The van der Waals surface area contributed by atoms with Crippen LogP contribution in [0.2, 0.25) is 0 Å². The molecule has 0 fully saturated rings. The van der Waals surface area contributed by atoms with E-state index in [0.29, 0.717) is 12.1 Å². The molecule has 4 nitrogen and oxygen atoms in total. The summed E-state index contributed by atoms with van der Waals surface area (Å²) in [6.45, 7) is 2.33. The molecule has 0 aromatic heterocycles.